The Morgan fingerprint density at radius 3 is 2.42 bits per heavy atom. The van der Waals surface area contributed by atoms with Crippen molar-refractivity contribution in [2.24, 2.45) is 0 Å². The van der Waals surface area contributed by atoms with E-state index in [1.807, 2.05) is 6.07 Å². The minimum atomic E-state index is -0.982. The summed E-state index contributed by atoms with van der Waals surface area (Å²) in [4.78, 5) is 0. The molecule has 4 nitrogen and oxygen atoms in total. The molecule has 0 amide bonds. The molecule has 1 aliphatic carbocycles. The van der Waals surface area contributed by atoms with Crippen molar-refractivity contribution in [1.29, 1.82) is 10.5 Å². The summed E-state index contributed by atoms with van der Waals surface area (Å²) in [6, 6.07) is 4.12. The standard InChI is InChI=1S/C14H18N2O2S/c1-13(2,17)14(3,4)18-19-12-6-10(8-15)5-11(7-12)9-16/h5-6,12,17H,7H2,1-4H3. The predicted octanol–water partition coefficient (Wildman–Crippen LogP) is 2.87. The fourth-order valence-electron chi connectivity index (χ4n) is 1.26. The Morgan fingerprint density at radius 2 is 1.95 bits per heavy atom. The molecule has 0 aromatic rings. The molecular formula is C14H18N2O2S. The SMILES string of the molecule is CC(C)(O)C(C)(C)OSC1C=C(C#N)C=C(C#N)C1. The molecule has 0 saturated heterocycles. The van der Waals surface area contributed by atoms with Crippen LogP contribution in [0.3, 0.4) is 0 Å². The number of nitriles is 2. The molecule has 0 radical (unpaired) electrons. The molecule has 1 N–H and O–H groups in total. The van der Waals surface area contributed by atoms with E-state index in [9.17, 15) is 5.11 Å². The minimum Gasteiger partial charge on any atom is -0.387 e. The molecule has 19 heavy (non-hydrogen) atoms. The summed E-state index contributed by atoms with van der Waals surface area (Å²) in [5.41, 5.74) is -0.664. The van der Waals surface area contributed by atoms with Gasteiger partial charge in [0, 0.05) is 12.0 Å². The zero-order valence-electron chi connectivity index (χ0n) is 11.6. The third-order valence-electron chi connectivity index (χ3n) is 3.24. The van der Waals surface area contributed by atoms with E-state index < -0.39 is 11.2 Å². The topological polar surface area (TPSA) is 77.0 Å². The van der Waals surface area contributed by atoms with Crippen molar-refractivity contribution in [1.82, 2.24) is 0 Å². The first-order chi connectivity index (χ1) is 8.69. The normalized spacial score (nSPS) is 20.1. The van der Waals surface area contributed by atoms with Crippen LogP contribution in [-0.2, 0) is 4.18 Å². The molecule has 1 atom stereocenters. The highest BCUT2D eigenvalue weighted by Crippen LogP contribution is 2.34. The highest BCUT2D eigenvalue weighted by Gasteiger charge is 2.37. The van der Waals surface area contributed by atoms with Gasteiger partial charge in [0.25, 0.3) is 0 Å². The zero-order chi connectivity index (χ0) is 14.7. The van der Waals surface area contributed by atoms with Crippen LogP contribution < -0.4 is 0 Å². The van der Waals surface area contributed by atoms with E-state index >= 15 is 0 Å². The fourth-order valence-corrected chi connectivity index (χ4v) is 2.28. The van der Waals surface area contributed by atoms with Crippen molar-refractivity contribution in [3.63, 3.8) is 0 Å². The van der Waals surface area contributed by atoms with Crippen molar-refractivity contribution in [3.05, 3.63) is 23.3 Å². The van der Waals surface area contributed by atoms with Crippen LogP contribution in [0.15, 0.2) is 23.3 Å². The predicted molar refractivity (Wildman–Crippen MR) is 74.8 cm³/mol. The number of allylic oxidation sites excluding steroid dienone is 3. The van der Waals surface area contributed by atoms with E-state index in [1.165, 1.54) is 12.0 Å². The lowest BCUT2D eigenvalue weighted by Crippen LogP contribution is -2.46. The molecule has 1 rings (SSSR count). The van der Waals surface area contributed by atoms with Crippen molar-refractivity contribution < 1.29 is 9.29 Å². The molecule has 5 heteroatoms. The highest BCUT2D eigenvalue weighted by molar-refractivity contribution is 7.95. The summed E-state index contributed by atoms with van der Waals surface area (Å²) in [6.07, 6.45) is 3.92. The number of rotatable bonds is 4. The van der Waals surface area contributed by atoms with Gasteiger partial charge in [-0.3, -0.25) is 0 Å². The number of nitrogens with zero attached hydrogens (tertiary/aromatic N) is 2. The quantitative estimate of drug-likeness (QED) is 0.800. The zero-order valence-corrected chi connectivity index (χ0v) is 12.4. The summed E-state index contributed by atoms with van der Waals surface area (Å²) in [5.74, 6) is 0. The molecule has 0 spiro atoms. The largest absolute Gasteiger partial charge is 0.387 e. The molecule has 0 heterocycles. The number of aliphatic hydroxyl groups is 1. The molecule has 0 bridgehead atoms. The van der Waals surface area contributed by atoms with Crippen LogP contribution in [0, 0.1) is 22.7 Å². The Hall–Kier alpha value is -1.27. The molecule has 0 fully saturated rings. The van der Waals surface area contributed by atoms with E-state index in [1.54, 1.807) is 39.8 Å². The summed E-state index contributed by atoms with van der Waals surface area (Å²) in [5, 5.41) is 27.8. The van der Waals surface area contributed by atoms with Gasteiger partial charge in [-0.25, -0.2) is 0 Å². The molecule has 1 unspecified atom stereocenters. The average Bonchev–Trinajstić information content (AvgIpc) is 2.34. The van der Waals surface area contributed by atoms with Gasteiger partial charge in [0.1, 0.15) is 5.60 Å². The molecule has 1 aliphatic rings. The Bertz CT molecular complexity index is 487. The second-order valence-electron chi connectivity index (χ2n) is 5.51. The van der Waals surface area contributed by atoms with Gasteiger partial charge in [-0.1, -0.05) is 6.08 Å². The maximum absolute atomic E-state index is 10.0. The van der Waals surface area contributed by atoms with Crippen molar-refractivity contribution >= 4 is 12.0 Å². The molecule has 0 aromatic carbocycles. The molecule has 0 saturated carbocycles. The van der Waals surface area contributed by atoms with Crippen molar-refractivity contribution in [3.8, 4) is 12.1 Å². The van der Waals surface area contributed by atoms with Crippen LogP contribution in [0.25, 0.3) is 0 Å². The Balaban J connectivity index is 2.71. The Kier molecular flexibility index (Phi) is 4.81. The second-order valence-corrected chi connectivity index (χ2v) is 6.47. The Morgan fingerprint density at radius 1 is 1.32 bits per heavy atom. The second kappa shape index (κ2) is 5.79. The summed E-state index contributed by atoms with van der Waals surface area (Å²) >= 11 is 1.19. The lowest BCUT2D eigenvalue weighted by atomic mass is 9.90. The van der Waals surface area contributed by atoms with Gasteiger partial charge in [-0.2, -0.15) is 10.5 Å². The molecule has 0 aliphatic heterocycles. The lowest BCUT2D eigenvalue weighted by Gasteiger charge is -2.36. The minimum absolute atomic E-state index is 0.0871. The van der Waals surface area contributed by atoms with E-state index in [4.69, 9.17) is 14.7 Å². The summed E-state index contributed by atoms with van der Waals surface area (Å²) in [6.45, 7) is 6.98. The van der Waals surface area contributed by atoms with Crippen LogP contribution >= 0.6 is 12.0 Å². The smallest absolute Gasteiger partial charge is 0.105 e. The van der Waals surface area contributed by atoms with Gasteiger partial charge in [-0.15, -0.1) is 0 Å². The molecular weight excluding hydrogens is 260 g/mol. The lowest BCUT2D eigenvalue weighted by molar-refractivity contribution is -0.0815. The third-order valence-corrected chi connectivity index (χ3v) is 4.31. The van der Waals surface area contributed by atoms with Crippen LogP contribution in [0.4, 0.5) is 0 Å². The van der Waals surface area contributed by atoms with Gasteiger partial charge >= 0.3 is 0 Å². The molecule has 102 valence electrons. The van der Waals surface area contributed by atoms with E-state index in [-0.39, 0.29) is 5.25 Å². The van der Waals surface area contributed by atoms with Crippen molar-refractivity contribution in [2.45, 2.75) is 50.6 Å². The number of hydrogen-bond acceptors (Lipinski definition) is 5. The van der Waals surface area contributed by atoms with Crippen molar-refractivity contribution in [2.75, 3.05) is 0 Å². The Labute approximate surface area is 118 Å². The third kappa shape index (κ3) is 4.11. The van der Waals surface area contributed by atoms with Crippen LogP contribution in [0.1, 0.15) is 34.1 Å². The van der Waals surface area contributed by atoms with E-state index in [0.717, 1.165) is 0 Å². The molecule has 0 aromatic heterocycles. The van der Waals surface area contributed by atoms with Crippen LogP contribution in [0.5, 0.6) is 0 Å². The number of hydrogen-bond donors (Lipinski definition) is 1. The fraction of sp³-hybridized carbons (Fsp3) is 0.571. The van der Waals surface area contributed by atoms with E-state index in [2.05, 4.69) is 6.07 Å². The summed E-state index contributed by atoms with van der Waals surface area (Å²) in [7, 11) is 0. The highest BCUT2D eigenvalue weighted by atomic mass is 32.2. The van der Waals surface area contributed by atoms with Gasteiger partial charge in [-0.05, 0) is 45.8 Å². The van der Waals surface area contributed by atoms with Gasteiger partial charge < -0.3 is 9.29 Å². The van der Waals surface area contributed by atoms with Gasteiger partial charge in [0.15, 0.2) is 0 Å². The monoisotopic (exact) mass is 278 g/mol. The maximum atomic E-state index is 10.0. The van der Waals surface area contributed by atoms with Crippen LogP contribution in [0.2, 0.25) is 0 Å². The first-order valence-corrected chi connectivity index (χ1v) is 6.79. The summed E-state index contributed by atoms with van der Waals surface area (Å²) < 4.78 is 5.70. The van der Waals surface area contributed by atoms with E-state index in [0.29, 0.717) is 17.6 Å². The first-order valence-electron chi connectivity index (χ1n) is 5.99. The van der Waals surface area contributed by atoms with Crippen LogP contribution in [-0.4, -0.2) is 21.6 Å². The maximum Gasteiger partial charge on any atom is 0.105 e. The van der Waals surface area contributed by atoms with Gasteiger partial charge in [0.05, 0.1) is 28.6 Å². The average molecular weight is 278 g/mol. The first kappa shape index (κ1) is 15.8. The van der Waals surface area contributed by atoms with Gasteiger partial charge in [0.2, 0.25) is 0 Å².